The maximum atomic E-state index is 12.1. The first-order valence-electron chi connectivity index (χ1n) is 6.19. The molecule has 0 radical (unpaired) electrons. The summed E-state index contributed by atoms with van der Waals surface area (Å²) in [7, 11) is 0. The normalized spacial score (nSPS) is 13.3. The Labute approximate surface area is 116 Å². The Balaban J connectivity index is 2.06. The summed E-state index contributed by atoms with van der Waals surface area (Å²) in [5.41, 5.74) is 0.655. The molecule has 0 unspecified atom stereocenters. The SMILES string of the molecule is C[C@@H](NC(=O)c1cc(C(C)(C)C)no1)c1cccs1. The van der Waals surface area contributed by atoms with E-state index in [0.29, 0.717) is 0 Å². The van der Waals surface area contributed by atoms with Crippen LogP contribution in [-0.2, 0) is 5.41 Å². The average Bonchev–Trinajstić information content (AvgIpc) is 3.00. The lowest BCUT2D eigenvalue weighted by Crippen LogP contribution is -2.25. The van der Waals surface area contributed by atoms with E-state index in [1.54, 1.807) is 17.4 Å². The van der Waals surface area contributed by atoms with Crippen LogP contribution in [0.5, 0.6) is 0 Å². The van der Waals surface area contributed by atoms with Crippen molar-refractivity contribution in [2.45, 2.75) is 39.2 Å². The van der Waals surface area contributed by atoms with Gasteiger partial charge in [0.2, 0.25) is 5.76 Å². The van der Waals surface area contributed by atoms with Crippen molar-refractivity contribution in [3.63, 3.8) is 0 Å². The van der Waals surface area contributed by atoms with Crippen LogP contribution in [0.15, 0.2) is 28.1 Å². The number of amides is 1. The van der Waals surface area contributed by atoms with E-state index in [0.717, 1.165) is 10.6 Å². The topological polar surface area (TPSA) is 55.1 Å². The van der Waals surface area contributed by atoms with E-state index in [1.165, 1.54) is 0 Å². The Bertz CT molecular complexity index is 552. The van der Waals surface area contributed by atoms with Crippen molar-refractivity contribution >= 4 is 17.2 Å². The number of carbonyl (C=O) groups is 1. The van der Waals surface area contributed by atoms with Gasteiger partial charge in [-0.05, 0) is 18.4 Å². The Morgan fingerprint density at radius 2 is 2.21 bits per heavy atom. The Morgan fingerprint density at radius 1 is 1.47 bits per heavy atom. The molecule has 0 aliphatic heterocycles. The van der Waals surface area contributed by atoms with Gasteiger partial charge in [-0.15, -0.1) is 11.3 Å². The number of aromatic nitrogens is 1. The van der Waals surface area contributed by atoms with Gasteiger partial charge in [0.25, 0.3) is 5.91 Å². The van der Waals surface area contributed by atoms with E-state index in [1.807, 2.05) is 45.2 Å². The van der Waals surface area contributed by atoms with Crippen molar-refractivity contribution < 1.29 is 9.32 Å². The fraction of sp³-hybridized carbons (Fsp3) is 0.429. The number of carbonyl (C=O) groups excluding carboxylic acids is 1. The molecule has 2 aromatic heterocycles. The second-order valence-electron chi connectivity index (χ2n) is 5.54. The minimum absolute atomic E-state index is 0.0318. The van der Waals surface area contributed by atoms with E-state index < -0.39 is 0 Å². The Kier molecular flexibility index (Phi) is 3.75. The molecule has 0 saturated heterocycles. The third-order valence-corrected chi connectivity index (χ3v) is 3.87. The molecule has 1 N–H and O–H groups in total. The van der Waals surface area contributed by atoms with Crippen LogP contribution in [-0.4, -0.2) is 11.1 Å². The zero-order valence-corrected chi connectivity index (χ0v) is 12.4. The molecule has 0 aliphatic carbocycles. The minimum atomic E-state index is -0.232. The van der Waals surface area contributed by atoms with Gasteiger partial charge in [-0.1, -0.05) is 32.0 Å². The summed E-state index contributed by atoms with van der Waals surface area (Å²) in [6.45, 7) is 8.03. The lowest BCUT2D eigenvalue weighted by Gasteiger charge is -2.12. The Hall–Kier alpha value is -1.62. The highest BCUT2D eigenvalue weighted by atomic mass is 32.1. The molecule has 2 heterocycles. The molecule has 0 saturated carbocycles. The van der Waals surface area contributed by atoms with Gasteiger partial charge in [0.15, 0.2) is 0 Å². The third-order valence-electron chi connectivity index (χ3n) is 2.82. The smallest absolute Gasteiger partial charge is 0.290 e. The number of nitrogens with zero attached hydrogens (tertiary/aromatic N) is 1. The number of thiophene rings is 1. The maximum Gasteiger partial charge on any atom is 0.290 e. The number of rotatable bonds is 3. The van der Waals surface area contributed by atoms with Crippen LogP contribution in [0.2, 0.25) is 0 Å². The first kappa shape index (κ1) is 13.8. The predicted octanol–water partition coefficient (Wildman–Crippen LogP) is 3.52. The highest BCUT2D eigenvalue weighted by molar-refractivity contribution is 7.10. The van der Waals surface area contributed by atoms with E-state index in [-0.39, 0.29) is 23.1 Å². The summed E-state index contributed by atoms with van der Waals surface area (Å²) in [6.07, 6.45) is 0. The largest absolute Gasteiger partial charge is 0.351 e. The van der Waals surface area contributed by atoms with Gasteiger partial charge in [0, 0.05) is 16.4 Å². The molecule has 2 aromatic rings. The van der Waals surface area contributed by atoms with Crippen LogP contribution in [0.1, 0.15) is 54.9 Å². The molecule has 1 atom stereocenters. The number of hydrogen-bond acceptors (Lipinski definition) is 4. The molecule has 4 nitrogen and oxygen atoms in total. The third kappa shape index (κ3) is 3.23. The van der Waals surface area contributed by atoms with E-state index in [2.05, 4.69) is 10.5 Å². The molecule has 0 fully saturated rings. The molecule has 2 rings (SSSR count). The van der Waals surface area contributed by atoms with Crippen molar-refractivity contribution in [2.75, 3.05) is 0 Å². The van der Waals surface area contributed by atoms with Gasteiger partial charge < -0.3 is 9.84 Å². The van der Waals surface area contributed by atoms with Gasteiger partial charge >= 0.3 is 0 Å². The molecular weight excluding hydrogens is 260 g/mol. The lowest BCUT2D eigenvalue weighted by atomic mass is 9.92. The monoisotopic (exact) mass is 278 g/mol. The lowest BCUT2D eigenvalue weighted by molar-refractivity contribution is 0.0903. The van der Waals surface area contributed by atoms with Crippen molar-refractivity contribution in [2.24, 2.45) is 0 Å². The molecule has 0 bridgehead atoms. The Morgan fingerprint density at radius 3 is 2.74 bits per heavy atom. The standard InChI is InChI=1S/C14H18N2O2S/c1-9(11-6-5-7-19-11)15-13(17)10-8-12(16-18-10)14(2,3)4/h5-9H,1-4H3,(H,15,17)/t9-/m1/s1. The zero-order chi connectivity index (χ0) is 14.0. The highest BCUT2D eigenvalue weighted by Crippen LogP contribution is 2.22. The van der Waals surface area contributed by atoms with Gasteiger partial charge in [-0.25, -0.2) is 0 Å². The fourth-order valence-corrected chi connectivity index (χ4v) is 2.35. The molecule has 0 aliphatic rings. The van der Waals surface area contributed by atoms with Crippen LogP contribution < -0.4 is 5.32 Å². The van der Waals surface area contributed by atoms with E-state index >= 15 is 0 Å². The van der Waals surface area contributed by atoms with Gasteiger partial charge in [-0.3, -0.25) is 4.79 Å². The summed E-state index contributed by atoms with van der Waals surface area (Å²) in [5, 5.41) is 8.84. The van der Waals surface area contributed by atoms with Crippen molar-refractivity contribution in [3.8, 4) is 0 Å². The average molecular weight is 278 g/mol. The first-order chi connectivity index (χ1) is 8.88. The zero-order valence-electron chi connectivity index (χ0n) is 11.6. The molecule has 0 aromatic carbocycles. The highest BCUT2D eigenvalue weighted by Gasteiger charge is 2.22. The van der Waals surface area contributed by atoms with Gasteiger partial charge in [-0.2, -0.15) is 0 Å². The molecule has 102 valence electrons. The molecule has 5 heteroatoms. The van der Waals surface area contributed by atoms with Crippen LogP contribution in [0, 0.1) is 0 Å². The van der Waals surface area contributed by atoms with Crippen molar-refractivity contribution in [3.05, 3.63) is 39.9 Å². The fourth-order valence-electron chi connectivity index (χ4n) is 1.61. The van der Waals surface area contributed by atoms with Crippen LogP contribution >= 0.6 is 11.3 Å². The molecular formula is C14H18N2O2S. The van der Waals surface area contributed by atoms with E-state index in [4.69, 9.17) is 4.52 Å². The summed E-state index contributed by atoms with van der Waals surface area (Å²) < 4.78 is 5.11. The van der Waals surface area contributed by atoms with Gasteiger partial charge in [0.1, 0.15) is 0 Å². The number of nitrogens with one attached hydrogen (secondary N) is 1. The van der Waals surface area contributed by atoms with Gasteiger partial charge in [0.05, 0.1) is 11.7 Å². The minimum Gasteiger partial charge on any atom is -0.351 e. The summed E-state index contributed by atoms with van der Waals surface area (Å²) in [6, 6.07) is 5.64. The van der Waals surface area contributed by atoms with E-state index in [9.17, 15) is 4.79 Å². The summed E-state index contributed by atoms with van der Waals surface area (Å²) >= 11 is 1.62. The maximum absolute atomic E-state index is 12.1. The number of hydrogen-bond donors (Lipinski definition) is 1. The summed E-state index contributed by atoms with van der Waals surface area (Å²) in [4.78, 5) is 13.2. The van der Waals surface area contributed by atoms with Crippen molar-refractivity contribution in [1.29, 1.82) is 0 Å². The first-order valence-corrected chi connectivity index (χ1v) is 7.07. The molecule has 0 spiro atoms. The molecule has 19 heavy (non-hydrogen) atoms. The van der Waals surface area contributed by atoms with Crippen molar-refractivity contribution in [1.82, 2.24) is 10.5 Å². The predicted molar refractivity (Wildman–Crippen MR) is 75.4 cm³/mol. The van der Waals surface area contributed by atoms with Crippen LogP contribution in [0.25, 0.3) is 0 Å². The van der Waals surface area contributed by atoms with Crippen LogP contribution in [0.4, 0.5) is 0 Å². The second kappa shape index (κ2) is 5.17. The second-order valence-corrected chi connectivity index (χ2v) is 6.52. The quantitative estimate of drug-likeness (QED) is 0.934. The van der Waals surface area contributed by atoms with Crippen LogP contribution in [0.3, 0.4) is 0 Å². The summed E-state index contributed by atoms with van der Waals surface area (Å²) in [5.74, 6) is 0.0252. The molecule has 1 amide bonds.